The summed E-state index contributed by atoms with van der Waals surface area (Å²) in [6.07, 6.45) is 0.452. The zero-order valence-corrected chi connectivity index (χ0v) is 11.5. The number of rotatable bonds is 4. The van der Waals surface area contributed by atoms with Crippen molar-refractivity contribution in [1.29, 1.82) is 0 Å². The first kappa shape index (κ1) is 15.3. The number of nitrogens with zero attached hydrogens (tertiary/aromatic N) is 1. The minimum atomic E-state index is -0.569. The largest absolute Gasteiger partial charge is 0.443 e. The van der Waals surface area contributed by atoms with Gasteiger partial charge in [-0.3, -0.25) is 4.79 Å². The normalized spacial score (nSPS) is 11.1. The van der Waals surface area contributed by atoms with E-state index in [1.807, 2.05) is 0 Å². The van der Waals surface area contributed by atoms with Crippen LogP contribution in [0.4, 0.5) is 4.79 Å². The summed E-state index contributed by atoms with van der Waals surface area (Å²) in [4.78, 5) is 24.1. The maximum atomic E-state index is 11.7. The number of imide groups is 1. The Hall–Kier alpha value is -0.710. The van der Waals surface area contributed by atoms with Crippen LogP contribution in [0.1, 0.15) is 41.0 Å². The summed E-state index contributed by atoms with van der Waals surface area (Å²) < 4.78 is 5.14. The van der Waals surface area contributed by atoms with Crippen LogP contribution in [-0.2, 0) is 9.53 Å². The molecule has 94 valence electrons. The lowest BCUT2D eigenvalue weighted by Gasteiger charge is -2.25. The molecule has 0 radical (unpaired) electrons. The predicted octanol–water partition coefficient (Wildman–Crippen LogP) is 2.87. The highest BCUT2D eigenvalue weighted by Crippen LogP contribution is 2.13. The first-order valence-electron chi connectivity index (χ1n) is 5.36. The van der Waals surface area contributed by atoms with E-state index >= 15 is 0 Å². The van der Waals surface area contributed by atoms with Crippen molar-refractivity contribution >= 4 is 23.8 Å². The number of carbonyl (C=O) groups excluding carboxylic acids is 2. The van der Waals surface area contributed by atoms with Crippen LogP contribution in [-0.4, -0.2) is 34.1 Å². The molecule has 0 aromatic rings. The van der Waals surface area contributed by atoms with E-state index in [0.29, 0.717) is 5.88 Å². The van der Waals surface area contributed by atoms with Crippen molar-refractivity contribution in [2.75, 3.05) is 11.6 Å². The molecule has 0 aliphatic carbocycles. The summed E-state index contributed by atoms with van der Waals surface area (Å²) in [7, 11) is 0. The van der Waals surface area contributed by atoms with Gasteiger partial charge in [0.25, 0.3) is 0 Å². The van der Waals surface area contributed by atoms with Gasteiger partial charge in [0, 0.05) is 6.92 Å². The highest BCUT2D eigenvalue weighted by Gasteiger charge is 2.24. The van der Waals surface area contributed by atoms with Crippen molar-refractivity contribution in [1.82, 2.24) is 4.90 Å². The first-order valence-corrected chi connectivity index (χ1v) is 6.52. The Bertz CT molecular complexity index is 248. The molecule has 0 unspecified atom stereocenters. The van der Waals surface area contributed by atoms with Crippen molar-refractivity contribution in [2.45, 2.75) is 46.6 Å². The molecule has 0 N–H and O–H groups in total. The van der Waals surface area contributed by atoms with Gasteiger partial charge in [0.15, 0.2) is 0 Å². The van der Waals surface area contributed by atoms with Crippen LogP contribution in [0.5, 0.6) is 0 Å². The molecule has 0 saturated heterocycles. The van der Waals surface area contributed by atoms with E-state index < -0.39 is 11.7 Å². The van der Waals surface area contributed by atoms with Gasteiger partial charge in [0.2, 0.25) is 5.91 Å². The van der Waals surface area contributed by atoms with E-state index in [9.17, 15) is 9.59 Å². The minimum absolute atomic E-state index is 0.280. The number of carbonyl (C=O) groups is 2. The van der Waals surface area contributed by atoms with Crippen LogP contribution in [0.3, 0.4) is 0 Å². The Morgan fingerprint density at radius 2 is 1.88 bits per heavy atom. The molecule has 0 heterocycles. The highest BCUT2D eigenvalue weighted by molar-refractivity contribution is 7.99. The monoisotopic (exact) mass is 247 g/mol. The van der Waals surface area contributed by atoms with Gasteiger partial charge in [-0.25, -0.2) is 9.69 Å². The number of hydrogen-bond donors (Lipinski definition) is 0. The number of hydrogen-bond acceptors (Lipinski definition) is 4. The molecular weight excluding hydrogens is 226 g/mol. The fourth-order valence-electron chi connectivity index (χ4n) is 0.889. The van der Waals surface area contributed by atoms with Gasteiger partial charge in [0.1, 0.15) is 5.60 Å². The molecule has 16 heavy (non-hydrogen) atoms. The molecule has 0 aromatic heterocycles. The zero-order valence-electron chi connectivity index (χ0n) is 10.7. The molecule has 0 aromatic carbocycles. The van der Waals surface area contributed by atoms with Gasteiger partial charge in [0.05, 0.1) is 5.88 Å². The van der Waals surface area contributed by atoms with Gasteiger partial charge in [-0.15, -0.1) is 11.8 Å². The van der Waals surface area contributed by atoms with E-state index in [4.69, 9.17) is 4.74 Å². The Labute approximate surface area is 102 Å². The Kier molecular flexibility index (Phi) is 6.48. The predicted molar refractivity (Wildman–Crippen MR) is 66.4 cm³/mol. The van der Waals surface area contributed by atoms with E-state index in [0.717, 1.165) is 17.1 Å². The molecule has 0 fully saturated rings. The summed E-state index contributed by atoms with van der Waals surface area (Å²) in [5, 5.41) is 0. The molecule has 5 heteroatoms. The number of amides is 2. The van der Waals surface area contributed by atoms with E-state index in [2.05, 4.69) is 6.92 Å². The molecule has 0 spiro atoms. The van der Waals surface area contributed by atoms with Crippen molar-refractivity contribution < 1.29 is 14.3 Å². The van der Waals surface area contributed by atoms with Crippen LogP contribution >= 0.6 is 11.8 Å². The Balaban J connectivity index is 4.31. The van der Waals surface area contributed by atoms with Crippen molar-refractivity contribution in [3.05, 3.63) is 0 Å². The molecule has 2 amide bonds. The molecule has 0 rings (SSSR count). The second-order valence-electron chi connectivity index (χ2n) is 4.46. The zero-order chi connectivity index (χ0) is 12.8. The van der Waals surface area contributed by atoms with E-state index in [-0.39, 0.29) is 5.91 Å². The summed E-state index contributed by atoms with van der Waals surface area (Å²) in [5.74, 6) is 1.00. The van der Waals surface area contributed by atoms with Gasteiger partial charge in [-0.05, 0) is 32.9 Å². The topological polar surface area (TPSA) is 46.6 Å². The van der Waals surface area contributed by atoms with Gasteiger partial charge < -0.3 is 4.74 Å². The lowest BCUT2D eigenvalue weighted by molar-refractivity contribution is -0.127. The van der Waals surface area contributed by atoms with Gasteiger partial charge >= 0.3 is 6.09 Å². The first-order chi connectivity index (χ1) is 7.28. The molecule has 4 nitrogen and oxygen atoms in total. The minimum Gasteiger partial charge on any atom is -0.443 e. The van der Waals surface area contributed by atoms with Crippen LogP contribution in [0.15, 0.2) is 0 Å². The maximum Gasteiger partial charge on any atom is 0.417 e. The summed E-state index contributed by atoms with van der Waals surface area (Å²) >= 11 is 1.55. The van der Waals surface area contributed by atoms with Crippen LogP contribution in [0.25, 0.3) is 0 Å². The molecule has 0 bridgehead atoms. The fraction of sp³-hybridized carbons (Fsp3) is 0.818. The van der Waals surface area contributed by atoms with Gasteiger partial charge in [-0.1, -0.05) is 6.92 Å². The fourth-order valence-corrected chi connectivity index (χ4v) is 1.78. The molecule has 0 aliphatic heterocycles. The maximum absolute atomic E-state index is 11.7. The van der Waals surface area contributed by atoms with Crippen LogP contribution in [0.2, 0.25) is 0 Å². The standard InChI is InChI=1S/C11H21NO3S/c1-6-7-16-8-12(9(2)13)10(14)15-11(3,4)5/h6-8H2,1-5H3. The molecule has 0 saturated carbocycles. The third-order valence-corrected chi connectivity index (χ3v) is 2.70. The van der Waals surface area contributed by atoms with Crippen LogP contribution in [0, 0.1) is 0 Å². The van der Waals surface area contributed by atoms with E-state index in [1.165, 1.54) is 6.92 Å². The number of thioether (sulfide) groups is 1. The van der Waals surface area contributed by atoms with Crippen molar-refractivity contribution in [2.24, 2.45) is 0 Å². The second kappa shape index (κ2) is 6.78. The van der Waals surface area contributed by atoms with Gasteiger partial charge in [-0.2, -0.15) is 0 Å². The summed E-state index contributed by atoms with van der Waals surface area (Å²) in [5.41, 5.74) is -0.569. The third-order valence-electron chi connectivity index (χ3n) is 1.56. The van der Waals surface area contributed by atoms with Crippen molar-refractivity contribution in [3.63, 3.8) is 0 Å². The SMILES string of the molecule is CCCSCN(C(C)=O)C(=O)OC(C)(C)C. The Morgan fingerprint density at radius 3 is 2.25 bits per heavy atom. The average Bonchev–Trinajstić information content (AvgIpc) is 2.08. The lowest BCUT2D eigenvalue weighted by atomic mass is 10.2. The molecular formula is C11H21NO3S. The summed E-state index contributed by atoms with van der Waals surface area (Å²) in [6, 6.07) is 0. The third kappa shape index (κ3) is 6.71. The number of ether oxygens (including phenoxy) is 1. The van der Waals surface area contributed by atoms with Crippen LogP contribution < -0.4 is 0 Å². The summed E-state index contributed by atoms with van der Waals surface area (Å²) in [6.45, 7) is 8.77. The smallest absolute Gasteiger partial charge is 0.417 e. The highest BCUT2D eigenvalue weighted by atomic mass is 32.2. The molecule has 0 atom stereocenters. The lowest BCUT2D eigenvalue weighted by Crippen LogP contribution is -2.39. The average molecular weight is 247 g/mol. The van der Waals surface area contributed by atoms with E-state index in [1.54, 1.807) is 32.5 Å². The Morgan fingerprint density at radius 1 is 1.31 bits per heavy atom. The quantitative estimate of drug-likeness (QED) is 0.566. The molecule has 0 aliphatic rings. The van der Waals surface area contributed by atoms with Crippen molar-refractivity contribution in [3.8, 4) is 0 Å². The second-order valence-corrected chi connectivity index (χ2v) is 5.54.